The highest BCUT2D eigenvalue weighted by Crippen LogP contribution is 2.41. The zero-order valence-corrected chi connectivity index (χ0v) is 12.5. The number of carbonyl (C=O) groups is 3. The summed E-state index contributed by atoms with van der Waals surface area (Å²) in [6.07, 6.45) is 1.21. The minimum Gasteiger partial charge on any atom is -0.465 e. The summed E-state index contributed by atoms with van der Waals surface area (Å²) in [5.41, 5.74) is 0.221. The number of ketones is 2. The summed E-state index contributed by atoms with van der Waals surface area (Å²) in [6, 6.07) is 7.23. The van der Waals surface area contributed by atoms with Crippen molar-refractivity contribution in [2.75, 3.05) is 6.61 Å². The number of benzene rings is 1. The van der Waals surface area contributed by atoms with Crippen LogP contribution in [0.25, 0.3) is 0 Å². The zero-order valence-electron chi connectivity index (χ0n) is 12.5. The van der Waals surface area contributed by atoms with Crippen LogP contribution in [0.3, 0.4) is 0 Å². The maximum absolute atomic E-state index is 12.7. The third-order valence-corrected chi connectivity index (χ3v) is 4.08. The lowest BCUT2D eigenvalue weighted by atomic mass is 9.78. The fraction of sp³-hybridized carbons (Fsp3) is 0.471. The second-order valence-electron chi connectivity index (χ2n) is 5.36. The van der Waals surface area contributed by atoms with Gasteiger partial charge in [-0.3, -0.25) is 14.4 Å². The first-order chi connectivity index (χ1) is 10.0. The third kappa shape index (κ3) is 2.75. The number of ether oxygens (including phenoxy) is 1. The summed E-state index contributed by atoms with van der Waals surface area (Å²) in [7, 11) is 0. The van der Waals surface area contributed by atoms with Gasteiger partial charge in [0.1, 0.15) is 11.2 Å². The van der Waals surface area contributed by atoms with Crippen LogP contribution in [0.15, 0.2) is 24.3 Å². The van der Waals surface area contributed by atoms with Gasteiger partial charge in [0.25, 0.3) is 0 Å². The molecule has 1 aromatic rings. The molecule has 1 unspecified atom stereocenters. The summed E-state index contributed by atoms with van der Waals surface area (Å²) in [6.45, 7) is 3.73. The standard InChI is InChI=1S/C17H20O4/c1-3-13(18)9-10-17(16(20)21-4-2)11-12-7-5-6-8-14(12)15(17)19/h5-8H,3-4,9-11H2,1-2H3. The minimum absolute atomic E-state index is 0.0578. The van der Waals surface area contributed by atoms with E-state index in [9.17, 15) is 14.4 Å². The van der Waals surface area contributed by atoms with Crippen molar-refractivity contribution in [3.05, 3.63) is 35.4 Å². The van der Waals surface area contributed by atoms with Gasteiger partial charge in [-0.25, -0.2) is 0 Å². The Morgan fingerprint density at radius 3 is 2.57 bits per heavy atom. The summed E-state index contributed by atoms with van der Waals surface area (Å²) in [5, 5.41) is 0. The number of fused-ring (bicyclic) bond motifs is 1. The predicted molar refractivity (Wildman–Crippen MR) is 78.1 cm³/mol. The minimum atomic E-state index is -1.22. The Labute approximate surface area is 124 Å². The van der Waals surface area contributed by atoms with Gasteiger partial charge < -0.3 is 4.74 Å². The molecule has 0 heterocycles. The highest BCUT2D eigenvalue weighted by Gasteiger charge is 2.52. The van der Waals surface area contributed by atoms with Crippen molar-refractivity contribution >= 4 is 17.5 Å². The molecule has 0 fully saturated rings. The second-order valence-corrected chi connectivity index (χ2v) is 5.36. The summed E-state index contributed by atoms with van der Waals surface area (Å²) in [5.74, 6) is -0.655. The van der Waals surface area contributed by atoms with Crippen LogP contribution in [-0.4, -0.2) is 24.1 Å². The van der Waals surface area contributed by atoms with E-state index >= 15 is 0 Å². The number of rotatable bonds is 6. The third-order valence-electron chi connectivity index (χ3n) is 4.08. The van der Waals surface area contributed by atoms with Crippen LogP contribution in [0.2, 0.25) is 0 Å². The van der Waals surface area contributed by atoms with Crippen molar-refractivity contribution in [3.63, 3.8) is 0 Å². The molecule has 0 bridgehead atoms. The normalized spacial score (nSPS) is 20.2. The molecular formula is C17H20O4. The lowest BCUT2D eigenvalue weighted by Gasteiger charge is -2.24. The van der Waals surface area contributed by atoms with Crippen molar-refractivity contribution < 1.29 is 19.1 Å². The summed E-state index contributed by atoms with van der Waals surface area (Å²) >= 11 is 0. The van der Waals surface area contributed by atoms with E-state index in [0.29, 0.717) is 18.4 Å². The molecule has 0 aromatic heterocycles. The van der Waals surface area contributed by atoms with Crippen LogP contribution in [0, 0.1) is 5.41 Å². The van der Waals surface area contributed by atoms with E-state index in [2.05, 4.69) is 0 Å². The van der Waals surface area contributed by atoms with Gasteiger partial charge in [0, 0.05) is 18.4 Å². The Balaban J connectivity index is 2.33. The Bertz CT molecular complexity index is 576. The van der Waals surface area contributed by atoms with Gasteiger partial charge in [-0.15, -0.1) is 0 Å². The molecule has 21 heavy (non-hydrogen) atoms. The summed E-state index contributed by atoms with van der Waals surface area (Å²) < 4.78 is 5.13. The smallest absolute Gasteiger partial charge is 0.320 e. The first-order valence-electron chi connectivity index (χ1n) is 7.36. The van der Waals surface area contributed by atoms with E-state index in [4.69, 9.17) is 4.74 Å². The predicted octanol–water partition coefficient (Wildman–Crippen LogP) is 2.73. The maximum atomic E-state index is 12.7. The van der Waals surface area contributed by atoms with Gasteiger partial charge >= 0.3 is 5.97 Å². The van der Waals surface area contributed by atoms with Gasteiger partial charge in [0.05, 0.1) is 6.61 Å². The Morgan fingerprint density at radius 1 is 1.24 bits per heavy atom. The van der Waals surface area contributed by atoms with Crippen LogP contribution in [-0.2, 0) is 20.7 Å². The van der Waals surface area contributed by atoms with Gasteiger partial charge in [-0.1, -0.05) is 31.2 Å². The van der Waals surface area contributed by atoms with Crippen molar-refractivity contribution in [2.24, 2.45) is 5.41 Å². The number of esters is 1. The average Bonchev–Trinajstić information content (AvgIpc) is 2.79. The van der Waals surface area contributed by atoms with Crippen molar-refractivity contribution in [1.29, 1.82) is 0 Å². The Hall–Kier alpha value is -1.97. The molecule has 4 heteroatoms. The molecule has 0 spiro atoms. The van der Waals surface area contributed by atoms with Crippen LogP contribution in [0.4, 0.5) is 0 Å². The lowest BCUT2D eigenvalue weighted by Crippen LogP contribution is -2.39. The molecule has 0 amide bonds. The van der Waals surface area contributed by atoms with E-state index in [1.165, 1.54) is 0 Å². The van der Waals surface area contributed by atoms with Crippen molar-refractivity contribution in [2.45, 2.75) is 39.5 Å². The van der Waals surface area contributed by atoms with E-state index in [1.54, 1.807) is 26.0 Å². The first kappa shape index (κ1) is 15.4. The maximum Gasteiger partial charge on any atom is 0.320 e. The molecule has 0 saturated carbocycles. The van der Waals surface area contributed by atoms with Crippen molar-refractivity contribution in [1.82, 2.24) is 0 Å². The van der Waals surface area contributed by atoms with Gasteiger partial charge in [0.15, 0.2) is 5.78 Å². The number of hydrogen-bond acceptors (Lipinski definition) is 4. The fourth-order valence-corrected chi connectivity index (χ4v) is 2.83. The highest BCUT2D eigenvalue weighted by molar-refractivity contribution is 6.16. The molecule has 2 rings (SSSR count). The Kier molecular flexibility index (Phi) is 4.56. The van der Waals surface area contributed by atoms with E-state index in [-0.39, 0.29) is 31.0 Å². The summed E-state index contributed by atoms with van der Waals surface area (Å²) in [4.78, 5) is 36.7. The molecule has 0 radical (unpaired) electrons. The van der Waals surface area contributed by atoms with Crippen LogP contribution in [0.1, 0.15) is 49.0 Å². The number of carbonyl (C=O) groups excluding carboxylic acids is 3. The SMILES string of the molecule is CCOC(=O)C1(CCC(=O)CC)Cc2ccccc2C1=O. The van der Waals surface area contributed by atoms with Gasteiger partial charge in [-0.05, 0) is 25.3 Å². The van der Waals surface area contributed by atoms with Gasteiger partial charge in [-0.2, -0.15) is 0 Å². The topological polar surface area (TPSA) is 60.4 Å². The van der Waals surface area contributed by atoms with Gasteiger partial charge in [0.2, 0.25) is 0 Å². The molecule has 0 N–H and O–H groups in total. The van der Waals surface area contributed by atoms with Crippen molar-refractivity contribution in [3.8, 4) is 0 Å². The molecule has 1 aliphatic rings. The molecule has 112 valence electrons. The molecule has 4 nitrogen and oxygen atoms in total. The van der Waals surface area contributed by atoms with E-state index in [1.807, 2.05) is 12.1 Å². The fourth-order valence-electron chi connectivity index (χ4n) is 2.83. The molecule has 0 saturated heterocycles. The molecule has 1 aliphatic carbocycles. The highest BCUT2D eigenvalue weighted by atomic mass is 16.5. The average molecular weight is 288 g/mol. The lowest BCUT2D eigenvalue weighted by molar-refractivity contribution is -0.152. The Morgan fingerprint density at radius 2 is 1.95 bits per heavy atom. The molecule has 1 aromatic carbocycles. The zero-order chi connectivity index (χ0) is 15.5. The number of hydrogen-bond donors (Lipinski definition) is 0. The van der Waals surface area contributed by atoms with Crippen LogP contribution >= 0.6 is 0 Å². The quantitative estimate of drug-likeness (QED) is 0.596. The van der Waals surface area contributed by atoms with E-state index in [0.717, 1.165) is 5.56 Å². The monoisotopic (exact) mass is 288 g/mol. The number of Topliss-reactive ketones (excluding diaryl/α,β-unsaturated/α-hetero) is 2. The van der Waals surface area contributed by atoms with E-state index < -0.39 is 11.4 Å². The molecule has 1 atom stereocenters. The first-order valence-corrected chi connectivity index (χ1v) is 7.36. The largest absolute Gasteiger partial charge is 0.465 e. The van der Waals surface area contributed by atoms with Crippen LogP contribution in [0.5, 0.6) is 0 Å². The molecular weight excluding hydrogens is 268 g/mol. The second kappa shape index (κ2) is 6.20. The van der Waals surface area contributed by atoms with Crippen LogP contribution < -0.4 is 0 Å². The molecule has 0 aliphatic heterocycles.